The summed E-state index contributed by atoms with van der Waals surface area (Å²) in [5.74, 6) is 0.526. The monoisotopic (exact) mass is 419 g/mol. The lowest BCUT2D eigenvalue weighted by Crippen LogP contribution is -2.37. The molecule has 0 saturated carbocycles. The zero-order valence-electron chi connectivity index (χ0n) is 14.1. The Bertz CT molecular complexity index is 1120. The first-order valence-corrected chi connectivity index (χ1v) is 10.5. The third kappa shape index (κ3) is 3.50. The molecule has 0 N–H and O–H groups in total. The van der Waals surface area contributed by atoms with E-state index in [4.69, 9.17) is 27.9 Å². The average molecular weight is 420 g/mol. The second-order valence-electron chi connectivity index (χ2n) is 6.08. The van der Waals surface area contributed by atoms with Gasteiger partial charge in [0.15, 0.2) is 0 Å². The van der Waals surface area contributed by atoms with Crippen LogP contribution in [0.2, 0.25) is 10.0 Å². The molecule has 1 aliphatic rings. The molecule has 0 aliphatic carbocycles. The number of benzene rings is 3. The zero-order chi connectivity index (χ0) is 19.0. The van der Waals surface area contributed by atoms with Gasteiger partial charge in [-0.15, -0.1) is 0 Å². The lowest BCUT2D eigenvalue weighted by Gasteiger charge is -2.31. The fourth-order valence-electron chi connectivity index (χ4n) is 3.05. The predicted molar refractivity (Wildman–Crippen MR) is 108 cm³/mol. The van der Waals surface area contributed by atoms with Crippen LogP contribution in [-0.2, 0) is 10.0 Å². The van der Waals surface area contributed by atoms with E-state index in [1.165, 1.54) is 16.4 Å². The zero-order valence-corrected chi connectivity index (χ0v) is 16.4. The van der Waals surface area contributed by atoms with Gasteiger partial charge in [-0.25, -0.2) is 8.42 Å². The van der Waals surface area contributed by atoms with Crippen LogP contribution in [-0.4, -0.2) is 21.6 Å². The molecule has 1 aliphatic heterocycles. The molecule has 0 radical (unpaired) electrons. The summed E-state index contributed by atoms with van der Waals surface area (Å²) >= 11 is 12.1. The Labute approximate surface area is 168 Å². The second-order valence-corrected chi connectivity index (χ2v) is 8.81. The van der Waals surface area contributed by atoms with Gasteiger partial charge in [0.25, 0.3) is 10.0 Å². The summed E-state index contributed by atoms with van der Waals surface area (Å²) in [5, 5.41) is 0.988. The topological polar surface area (TPSA) is 46.6 Å². The molecule has 0 saturated heterocycles. The van der Waals surface area contributed by atoms with Gasteiger partial charge in [-0.05, 0) is 53.6 Å². The maximum absolute atomic E-state index is 13.2. The standard InChI is InChI=1S/C20H15Cl2NO3S/c21-16-4-1-3-14(11-16)15-7-8-20-19(12-15)23(9-10-26-20)27(24,25)18-6-2-5-17(22)13-18/h1-8,11-13H,9-10H2. The van der Waals surface area contributed by atoms with E-state index < -0.39 is 10.0 Å². The van der Waals surface area contributed by atoms with Gasteiger partial charge in [0.2, 0.25) is 0 Å². The Morgan fingerprint density at radius 3 is 2.30 bits per heavy atom. The van der Waals surface area contributed by atoms with Gasteiger partial charge in [-0.3, -0.25) is 4.31 Å². The Kier molecular flexibility index (Phi) is 4.76. The fourth-order valence-corrected chi connectivity index (χ4v) is 4.99. The highest BCUT2D eigenvalue weighted by molar-refractivity contribution is 7.92. The van der Waals surface area contributed by atoms with Crippen LogP contribution in [0, 0.1) is 0 Å². The van der Waals surface area contributed by atoms with E-state index in [9.17, 15) is 8.42 Å². The molecule has 4 nitrogen and oxygen atoms in total. The number of hydrogen-bond acceptors (Lipinski definition) is 3. The summed E-state index contributed by atoms with van der Waals surface area (Å²) in [6.45, 7) is 0.504. The van der Waals surface area contributed by atoms with Gasteiger partial charge in [0, 0.05) is 10.0 Å². The van der Waals surface area contributed by atoms with Crippen LogP contribution in [0.1, 0.15) is 0 Å². The third-order valence-electron chi connectivity index (χ3n) is 4.32. The lowest BCUT2D eigenvalue weighted by atomic mass is 10.0. The van der Waals surface area contributed by atoms with E-state index in [0.717, 1.165) is 11.1 Å². The highest BCUT2D eigenvalue weighted by Gasteiger charge is 2.30. The smallest absolute Gasteiger partial charge is 0.264 e. The van der Waals surface area contributed by atoms with Crippen molar-refractivity contribution in [3.05, 3.63) is 76.8 Å². The Morgan fingerprint density at radius 1 is 0.852 bits per heavy atom. The van der Waals surface area contributed by atoms with Crippen molar-refractivity contribution in [1.82, 2.24) is 0 Å². The molecule has 4 rings (SSSR count). The minimum atomic E-state index is -3.76. The number of anilines is 1. The fraction of sp³-hybridized carbons (Fsp3) is 0.100. The SMILES string of the molecule is O=S(=O)(c1cccc(Cl)c1)N1CCOc2ccc(-c3cccc(Cl)c3)cc21. The highest BCUT2D eigenvalue weighted by atomic mass is 35.5. The quantitative estimate of drug-likeness (QED) is 0.582. The summed E-state index contributed by atoms with van der Waals surface area (Å²) in [6.07, 6.45) is 0. The van der Waals surface area contributed by atoms with Crippen molar-refractivity contribution in [3.63, 3.8) is 0 Å². The number of fused-ring (bicyclic) bond motifs is 1. The minimum Gasteiger partial charge on any atom is -0.489 e. The first-order valence-electron chi connectivity index (χ1n) is 8.26. The van der Waals surface area contributed by atoms with Gasteiger partial charge in [0.05, 0.1) is 17.1 Å². The van der Waals surface area contributed by atoms with Gasteiger partial charge >= 0.3 is 0 Å². The van der Waals surface area contributed by atoms with E-state index in [1.807, 2.05) is 30.3 Å². The number of ether oxygens (including phenoxy) is 1. The number of rotatable bonds is 3. The summed E-state index contributed by atoms with van der Waals surface area (Å²) in [4.78, 5) is 0.149. The van der Waals surface area contributed by atoms with Crippen LogP contribution in [0.4, 0.5) is 5.69 Å². The molecule has 7 heteroatoms. The van der Waals surface area contributed by atoms with Crippen molar-refractivity contribution >= 4 is 38.9 Å². The maximum Gasteiger partial charge on any atom is 0.264 e. The number of nitrogens with zero attached hydrogens (tertiary/aromatic N) is 1. The molecule has 3 aromatic carbocycles. The highest BCUT2D eigenvalue weighted by Crippen LogP contribution is 2.39. The molecular weight excluding hydrogens is 405 g/mol. The summed E-state index contributed by atoms with van der Waals surface area (Å²) in [7, 11) is -3.76. The number of hydrogen-bond donors (Lipinski definition) is 0. The van der Waals surface area contributed by atoms with Gasteiger partial charge in [-0.2, -0.15) is 0 Å². The van der Waals surface area contributed by atoms with Gasteiger partial charge < -0.3 is 4.74 Å². The van der Waals surface area contributed by atoms with E-state index in [1.54, 1.807) is 24.3 Å². The van der Waals surface area contributed by atoms with Gasteiger partial charge in [-0.1, -0.05) is 47.5 Å². The molecule has 138 valence electrons. The Morgan fingerprint density at radius 2 is 1.56 bits per heavy atom. The van der Waals surface area contributed by atoms with Crippen molar-refractivity contribution in [2.45, 2.75) is 4.90 Å². The molecule has 0 spiro atoms. The molecule has 1 heterocycles. The van der Waals surface area contributed by atoms with E-state index in [2.05, 4.69) is 0 Å². The van der Waals surface area contributed by atoms with Crippen molar-refractivity contribution in [1.29, 1.82) is 0 Å². The van der Waals surface area contributed by atoms with Crippen molar-refractivity contribution in [3.8, 4) is 16.9 Å². The first kappa shape index (κ1) is 18.2. The third-order valence-corrected chi connectivity index (χ3v) is 6.60. The van der Waals surface area contributed by atoms with Crippen LogP contribution in [0.5, 0.6) is 5.75 Å². The largest absolute Gasteiger partial charge is 0.489 e. The normalized spacial score (nSPS) is 13.8. The molecule has 3 aromatic rings. The summed E-state index contributed by atoms with van der Waals surface area (Å²) < 4.78 is 33.4. The van der Waals surface area contributed by atoms with E-state index in [-0.39, 0.29) is 18.0 Å². The molecule has 0 unspecified atom stereocenters. The molecule has 27 heavy (non-hydrogen) atoms. The number of halogens is 2. The van der Waals surface area contributed by atoms with Crippen molar-refractivity contribution in [2.24, 2.45) is 0 Å². The van der Waals surface area contributed by atoms with Crippen LogP contribution in [0.15, 0.2) is 71.6 Å². The Balaban J connectivity index is 1.82. The van der Waals surface area contributed by atoms with Crippen LogP contribution in [0.25, 0.3) is 11.1 Å². The Hall–Kier alpha value is -2.21. The van der Waals surface area contributed by atoms with Crippen LogP contribution >= 0.6 is 23.2 Å². The van der Waals surface area contributed by atoms with E-state index in [0.29, 0.717) is 21.5 Å². The molecule has 0 bridgehead atoms. The van der Waals surface area contributed by atoms with Crippen molar-refractivity contribution in [2.75, 3.05) is 17.5 Å². The second kappa shape index (κ2) is 7.08. The molecule has 0 fully saturated rings. The average Bonchev–Trinajstić information content (AvgIpc) is 2.67. The maximum atomic E-state index is 13.2. The number of sulfonamides is 1. The molecule has 0 atom stereocenters. The van der Waals surface area contributed by atoms with Crippen LogP contribution in [0.3, 0.4) is 0 Å². The van der Waals surface area contributed by atoms with Crippen molar-refractivity contribution < 1.29 is 13.2 Å². The predicted octanol–water partition coefficient (Wildman–Crippen LogP) is 5.25. The molecule has 0 aromatic heterocycles. The molecule has 0 amide bonds. The summed E-state index contributed by atoms with van der Waals surface area (Å²) in [5.41, 5.74) is 2.25. The molecular formula is C20H15Cl2NO3S. The van der Waals surface area contributed by atoms with Gasteiger partial charge in [0.1, 0.15) is 12.4 Å². The minimum absolute atomic E-state index is 0.149. The first-order chi connectivity index (χ1) is 12.9. The summed E-state index contributed by atoms with van der Waals surface area (Å²) in [6, 6.07) is 19.1. The lowest BCUT2D eigenvalue weighted by molar-refractivity contribution is 0.316. The van der Waals surface area contributed by atoms with E-state index >= 15 is 0 Å². The van der Waals surface area contributed by atoms with Crippen LogP contribution < -0.4 is 9.04 Å².